The summed E-state index contributed by atoms with van der Waals surface area (Å²) in [6.45, 7) is 6.39. The van der Waals surface area contributed by atoms with E-state index >= 15 is 0 Å². The highest BCUT2D eigenvalue weighted by Crippen LogP contribution is 2.19. The van der Waals surface area contributed by atoms with Crippen LogP contribution in [0.2, 0.25) is 0 Å². The molecule has 0 aliphatic rings. The van der Waals surface area contributed by atoms with Crippen molar-refractivity contribution in [1.29, 1.82) is 0 Å². The molecule has 0 bridgehead atoms. The Hall–Kier alpha value is -3.16. The lowest BCUT2D eigenvalue weighted by molar-refractivity contribution is -0.114. The number of amides is 1. The molecule has 1 aromatic heterocycles. The molecule has 1 heterocycles. The first-order valence-corrected chi connectivity index (χ1v) is 9.62. The van der Waals surface area contributed by atoms with Crippen LogP contribution in [0.5, 0.6) is 0 Å². The number of carbonyl (C=O) groups excluding carboxylic acids is 1. The van der Waals surface area contributed by atoms with Crippen molar-refractivity contribution in [2.24, 2.45) is 5.92 Å². The van der Waals surface area contributed by atoms with Crippen LogP contribution in [-0.2, 0) is 11.3 Å². The van der Waals surface area contributed by atoms with Crippen LogP contribution in [0.25, 0.3) is 6.08 Å². The van der Waals surface area contributed by atoms with Crippen LogP contribution < -0.4 is 21.9 Å². The number of hydrogen-bond donors (Lipinski definition) is 2. The molecule has 0 spiro atoms. The van der Waals surface area contributed by atoms with E-state index in [-0.39, 0.29) is 29.8 Å². The third kappa shape index (κ3) is 5.66. The van der Waals surface area contributed by atoms with Gasteiger partial charge < -0.3 is 10.6 Å². The highest BCUT2D eigenvalue weighted by Gasteiger charge is 2.22. The summed E-state index contributed by atoms with van der Waals surface area (Å²) in [4.78, 5) is 41.1. The minimum atomic E-state index is -0.702. The fourth-order valence-corrected chi connectivity index (χ4v) is 2.86. The van der Waals surface area contributed by atoms with E-state index in [1.54, 1.807) is 12.1 Å². The van der Waals surface area contributed by atoms with E-state index in [1.807, 2.05) is 20.8 Å². The number of hydrogen-bond acceptors (Lipinski definition) is 4. The molecule has 8 heteroatoms. The topological polar surface area (TPSA) is 101 Å². The van der Waals surface area contributed by atoms with Crippen molar-refractivity contribution < 1.29 is 9.18 Å². The molecule has 0 fully saturated rings. The molecule has 156 valence electrons. The van der Waals surface area contributed by atoms with Crippen LogP contribution in [-0.4, -0.2) is 22.0 Å². The Bertz CT molecular complexity index is 990. The first-order chi connectivity index (χ1) is 13.7. The molecule has 7 nitrogen and oxygen atoms in total. The van der Waals surface area contributed by atoms with Crippen LogP contribution in [0.15, 0.2) is 39.9 Å². The summed E-state index contributed by atoms with van der Waals surface area (Å²) in [6.07, 6.45) is 4.29. The number of benzene rings is 1. The molecule has 0 aliphatic heterocycles. The quantitative estimate of drug-likeness (QED) is 0.663. The average Bonchev–Trinajstić information content (AvgIpc) is 2.66. The van der Waals surface area contributed by atoms with Gasteiger partial charge in [0.1, 0.15) is 11.6 Å². The summed E-state index contributed by atoms with van der Waals surface area (Å²) in [6, 6.07) is 5.67. The van der Waals surface area contributed by atoms with E-state index in [0.717, 1.165) is 6.42 Å². The summed E-state index contributed by atoms with van der Waals surface area (Å²) in [5, 5.41) is 0. The van der Waals surface area contributed by atoms with Crippen molar-refractivity contribution in [2.75, 3.05) is 17.2 Å². The second kappa shape index (κ2) is 9.86. The molecule has 0 saturated heterocycles. The molecule has 0 atom stereocenters. The lowest BCUT2D eigenvalue weighted by Gasteiger charge is -2.23. The normalized spacial score (nSPS) is 11.3. The predicted octanol–water partition coefficient (Wildman–Crippen LogP) is 2.76. The molecule has 29 heavy (non-hydrogen) atoms. The molecule has 2 aromatic rings. The standard InChI is InChI=1S/C21H27FN4O3/c1-4-5-12-25(17(27)11-8-15-6-9-16(22)10-7-15)18-19(23)26(13-14(2)3)21(29)24-20(18)28/h6-11,14H,4-5,12-13,23H2,1-3H3,(H,24,28,29)/b11-8+. The van der Waals surface area contributed by atoms with Gasteiger partial charge in [0.15, 0.2) is 5.69 Å². The number of halogens is 1. The lowest BCUT2D eigenvalue weighted by Crippen LogP contribution is -2.41. The Morgan fingerprint density at radius 3 is 2.52 bits per heavy atom. The Morgan fingerprint density at radius 2 is 1.93 bits per heavy atom. The average molecular weight is 402 g/mol. The highest BCUT2D eigenvalue weighted by molar-refractivity contribution is 6.05. The Labute approximate surface area is 168 Å². The highest BCUT2D eigenvalue weighted by atomic mass is 19.1. The predicted molar refractivity (Wildman–Crippen MR) is 113 cm³/mol. The number of nitrogen functional groups attached to an aromatic ring is 1. The zero-order valence-corrected chi connectivity index (χ0v) is 16.9. The van der Waals surface area contributed by atoms with E-state index in [4.69, 9.17) is 5.73 Å². The first-order valence-electron chi connectivity index (χ1n) is 9.62. The van der Waals surface area contributed by atoms with E-state index in [2.05, 4.69) is 4.98 Å². The molecular weight excluding hydrogens is 375 g/mol. The molecule has 1 amide bonds. The van der Waals surface area contributed by atoms with Crippen molar-refractivity contribution in [2.45, 2.75) is 40.2 Å². The van der Waals surface area contributed by atoms with Gasteiger partial charge >= 0.3 is 5.69 Å². The monoisotopic (exact) mass is 402 g/mol. The molecule has 1 aromatic carbocycles. The summed E-state index contributed by atoms with van der Waals surface area (Å²) < 4.78 is 14.3. The van der Waals surface area contributed by atoms with Gasteiger partial charge in [0.25, 0.3) is 11.5 Å². The van der Waals surface area contributed by atoms with Gasteiger partial charge in [-0.25, -0.2) is 9.18 Å². The number of aromatic amines is 1. The summed E-state index contributed by atoms with van der Waals surface area (Å²) >= 11 is 0. The van der Waals surface area contributed by atoms with Crippen LogP contribution in [0.1, 0.15) is 39.2 Å². The number of nitrogens with zero attached hydrogens (tertiary/aromatic N) is 2. The number of nitrogens with one attached hydrogen (secondary N) is 1. The van der Waals surface area contributed by atoms with Crippen LogP contribution in [0, 0.1) is 11.7 Å². The maximum atomic E-state index is 13.0. The number of aromatic nitrogens is 2. The second-order valence-electron chi connectivity index (χ2n) is 7.23. The van der Waals surface area contributed by atoms with Crippen LogP contribution in [0.3, 0.4) is 0 Å². The molecule has 0 radical (unpaired) electrons. The van der Waals surface area contributed by atoms with Crippen molar-refractivity contribution in [3.63, 3.8) is 0 Å². The zero-order chi connectivity index (χ0) is 21.6. The second-order valence-corrected chi connectivity index (χ2v) is 7.23. The van der Waals surface area contributed by atoms with Gasteiger partial charge in [-0.1, -0.05) is 39.3 Å². The van der Waals surface area contributed by atoms with Crippen molar-refractivity contribution in [3.05, 3.63) is 62.6 Å². The van der Waals surface area contributed by atoms with E-state index < -0.39 is 17.2 Å². The molecule has 3 N–H and O–H groups in total. The summed E-state index contributed by atoms with van der Waals surface area (Å²) in [5.74, 6) is -0.738. The number of nitrogens with two attached hydrogens (primary N) is 1. The van der Waals surface area contributed by atoms with Gasteiger partial charge in [0, 0.05) is 19.2 Å². The van der Waals surface area contributed by atoms with E-state index in [9.17, 15) is 18.8 Å². The van der Waals surface area contributed by atoms with E-state index in [1.165, 1.54) is 33.8 Å². The Morgan fingerprint density at radius 1 is 1.28 bits per heavy atom. The molecule has 0 unspecified atom stereocenters. The third-order valence-corrected chi connectivity index (χ3v) is 4.32. The SMILES string of the molecule is CCCCN(C(=O)/C=C/c1ccc(F)cc1)c1c(N)n(CC(C)C)c(=O)[nH]c1=O. The van der Waals surface area contributed by atoms with Gasteiger partial charge in [-0.2, -0.15) is 0 Å². The Balaban J connectivity index is 2.46. The fourth-order valence-electron chi connectivity index (χ4n) is 2.86. The van der Waals surface area contributed by atoms with Gasteiger partial charge in [-0.15, -0.1) is 0 Å². The molecular formula is C21H27FN4O3. The van der Waals surface area contributed by atoms with Crippen molar-refractivity contribution in [1.82, 2.24) is 9.55 Å². The molecule has 0 saturated carbocycles. The summed E-state index contributed by atoms with van der Waals surface area (Å²) in [7, 11) is 0. The number of rotatable bonds is 8. The molecule has 0 aliphatic carbocycles. The maximum Gasteiger partial charge on any atom is 0.330 e. The maximum absolute atomic E-state index is 13.0. The third-order valence-electron chi connectivity index (χ3n) is 4.32. The van der Waals surface area contributed by atoms with Gasteiger partial charge in [-0.05, 0) is 36.1 Å². The number of anilines is 2. The number of unbranched alkanes of at least 4 members (excludes halogenated alkanes) is 1. The first kappa shape index (κ1) is 22.1. The minimum Gasteiger partial charge on any atom is -0.383 e. The summed E-state index contributed by atoms with van der Waals surface area (Å²) in [5.41, 5.74) is 5.45. The van der Waals surface area contributed by atoms with E-state index in [0.29, 0.717) is 18.5 Å². The number of H-pyrrole nitrogens is 1. The van der Waals surface area contributed by atoms with Crippen LogP contribution in [0.4, 0.5) is 15.9 Å². The Kier molecular flexibility index (Phi) is 7.52. The van der Waals surface area contributed by atoms with Gasteiger partial charge in [0.05, 0.1) is 0 Å². The molecule has 2 rings (SSSR count). The van der Waals surface area contributed by atoms with Crippen molar-refractivity contribution in [3.8, 4) is 0 Å². The van der Waals surface area contributed by atoms with Gasteiger partial charge in [0.2, 0.25) is 0 Å². The fraction of sp³-hybridized carbons (Fsp3) is 0.381. The smallest absolute Gasteiger partial charge is 0.330 e. The zero-order valence-electron chi connectivity index (χ0n) is 16.9. The number of carbonyl (C=O) groups is 1. The van der Waals surface area contributed by atoms with Gasteiger partial charge in [-0.3, -0.25) is 19.1 Å². The minimum absolute atomic E-state index is 0.0348. The largest absolute Gasteiger partial charge is 0.383 e. The van der Waals surface area contributed by atoms with Crippen molar-refractivity contribution >= 4 is 23.5 Å². The van der Waals surface area contributed by atoms with Crippen LogP contribution >= 0.6 is 0 Å². The lowest BCUT2D eigenvalue weighted by atomic mass is 10.2.